The number of nitrogens with one attached hydrogen (secondary N) is 1. The standard InChI is InChI=1S/C10H15N3O3/c1-11-8-5-9(12(2)3-4-14)7-10(6-8)13(15)16/h5-7,11,14H,3-4H2,1-2H3. The van der Waals surface area contributed by atoms with Crippen molar-refractivity contribution in [3.63, 3.8) is 0 Å². The minimum Gasteiger partial charge on any atom is -0.395 e. The van der Waals surface area contributed by atoms with E-state index in [-0.39, 0.29) is 12.3 Å². The molecule has 88 valence electrons. The summed E-state index contributed by atoms with van der Waals surface area (Å²) in [5.41, 5.74) is 1.41. The maximum Gasteiger partial charge on any atom is 0.273 e. The van der Waals surface area contributed by atoms with Gasteiger partial charge in [-0.25, -0.2) is 0 Å². The Hall–Kier alpha value is -1.82. The van der Waals surface area contributed by atoms with Gasteiger partial charge in [-0.2, -0.15) is 0 Å². The SMILES string of the molecule is CNc1cc(N(C)CCO)cc([N+](=O)[O-])c1. The van der Waals surface area contributed by atoms with Gasteiger partial charge in [0.1, 0.15) is 0 Å². The van der Waals surface area contributed by atoms with Gasteiger partial charge in [0.25, 0.3) is 5.69 Å². The second-order valence-electron chi connectivity index (χ2n) is 3.39. The highest BCUT2D eigenvalue weighted by atomic mass is 16.6. The highest BCUT2D eigenvalue weighted by molar-refractivity contribution is 5.64. The maximum atomic E-state index is 10.7. The Bertz CT molecular complexity index is 382. The number of nitro groups is 1. The lowest BCUT2D eigenvalue weighted by Crippen LogP contribution is -2.21. The van der Waals surface area contributed by atoms with Gasteiger partial charge in [0.2, 0.25) is 0 Å². The van der Waals surface area contributed by atoms with E-state index < -0.39 is 4.92 Å². The number of nitro benzene ring substituents is 1. The van der Waals surface area contributed by atoms with E-state index in [9.17, 15) is 10.1 Å². The molecule has 0 bridgehead atoms. The molecular formula is C10H15N3O3. The fourth-order valence-corrected chi connectivity index (χ4v) is 1.34. The second kappa shape index (κ2) is 5.32. The van der Waals surface area contributed by atoms with Crippen LogP contribution in [0.3, 0.4) is 0 Å². The largest absolute Gasteiger partial charge is 0.395 e. The first-order valence-electron chi connectivity index (χ1n) is 4.87. The number of nitrogens with zero attached hydrogens (tertiary/aromatic N) is 2. The molecular weight excluding hydrogens is 210 g/mol. The van der Waals surface area contributed by atoms with Crippen LogP contribution >= 0.6 is 0 Å². The zero-order valence-electron chi connectivity index (χ0n) is 9.30. The van der Waals surface area contributed by atoms with Gasteiger partial charge < -0.3 is 15.3 Å². The molecule has 0 aliphatic heterocycles. The molecule has 1 rings (SSSR count). The molecule has 0 unspecified atom stereocenters. The van der Waals surface area contributed by atoms with E-state index in [0.717, 1.165) is 0 Å². The summed E-state index contributed by atoms with van der Waals surface area (Å²) in [5, 5.41) is 22.4. The fraction of sp³-hybridized carbons (Fsp3) is 0.400. The Balaban J connectivity index is 3.08. The summed E-state index contributed by atoms with van der Waals surface area (Å²) < 4.78 is 0. The molecule has 2 N–H and O–H groups in total. The van der Waals surface area contributed by atoms with Crippen LogP contribution in [0.4, 0.5) is 17.1 Å². The van der Waals surface area contributed by atoms with E-state index in [2.05, 4.69) is 5.32 Å². The summed E-state index contributed by atoms with van der Waals surface area (Å²) in [5.74, 6) is 0. The fourth-order valence-electron chi connectivity index (χ4n) is 1.34. The predicted molar refractivity (Wildman–Crippen MR) is 63.0 cm³/mol. The lowest BCUT2D eigenvalue weighted by atomic mass is 10.2. The quantitative estimate of drug-likeness (QED) is 0.578. The van der Waals surface area contributed by atoms with Gasteiger partial charge in [0.05, 0.1) is 11.5 Å². The number of hydrogen-bond donors (Lipinski definition) is 2. The lowest BCUT2D eigenvalue weighted by molar-refractivity contribution is -0.384. The van der Waals surface area contributed by atoms with Crippen LogP contribution in [-0.4, -0.2) is 37.3 Å². The number of benzene rings is 1. The number of aliphatic hydroxyl groups excluding tert-OH is 1. The molecule has 0 aliphatic carbocycles. The number of anilines is 2. The third-order valence-electron chi connectivity index (χ3n) is 2.28. The highest BCUT2D eigenvalue weighted by Crippen LogP contribution is 2.25. The molecule has 0 aromatic heterocycles. The van der Waals surface area contributed by atoms with Crippen molar-refractivity contribution in [2.24, 2.45) is 0 Å². The molecule has 6 heteroatoms. The molecule has 6 nitrogen and oxygen atoms in total. The summed E-state index contributed by atoms with van der Waals surface area (Å²) in [4.78, 5) is 12.0. The second-order valence-corrected chi connectivity index (χ2v) is 3.39. The summed E-state index contributed by atoms with van der Waals surface area (Å²) >= 11 is 0. The van der Waals surface area contributed by atoms with Crippen LogP contribution in [0.15, 0.2) is 18.2 Å². The van der Waals surface area contributed by atoms with Gasteiger partial charge in [-0.15, -0.1) is 0 Å². The van der Waals surface area contributed by atoms with E-state index in [0.29, 0.717) is 17.9 Å². The number of hydrogen-bond acceptors (Lipinski definition) is 5. The van der Waals surface area contributed by atoms with Crippen LogP contribution in [0.1, 0.15) is 0 Å². The van der Waals surface area contributed by atoms with Gasteiger partial charge in [-0.05, 0) is 6.07 Å². The van der Waals surface area contributed by atoms with Crippen molar-refractivity contribution in [3.05, 3.63) is 28.3 Å². The smallest absolute Gasteiger partial charge is 0.273 e. The summed E-state index contributed by atoms with van der Waals surface area (Å²) in [6.07, 6.45) is 0. The Morgan fingerprint density at radius 2 is 2.19 bits per heavy atom. The lowest BCUT2D eigenvalue weighted by Gasteiger charge is -2.18. The van der Waals surface area contributed by atoms with Gasteiger partial charge in [-0.3, -0.25) is 10.1 Å². The molecule has 0 saturated heterocycles. The zero-order chi connectivity index (χ0) is 12.1. The summed E-state index contributed by atoms with van der Waals surface area (Å²) in [6.45, 7) is 0.443. The molecule has 1 aromatic carbocycles. The first kappa shape index (κ1) is 12.3. The molecule has 0 heterocycles. The minimum absolute atomic E-state index is 0.00801. The summed E-state index contributed by atoms with van der Waals surface area (Å²) in [7, 11) is 3.48. The van der Waals surface area contributed by atoms with Crippen LogP contribution in [0.5, 0.6) is 0 Å². The Labute approximate surface area is 93.6 Å². The first-order valence-corrected chi connectivity index (χ1v) is 4.87. The monoisotopic (exact) mass is 225 g/mol. The van der Waals surface area contributed by atoms with Crippen molar-refractivity contribution in [1.29, 1.82) is 0 Å². The van der Waals surface area contributed by atoms with Gasteiger partial charge in [0.15, 0.2) is 0 Å². The van der Waals surface area contributed by atoms with E-state index in [1.54, 1.807) is 25.1 Å². The van der Waals surface area contributed by atoms with E-state index in [1.807, 2.05) is 0 Å². The average Bonchev–Trinajstić information content (AvgIpc) is 2.28. The topological polar surface area (TPSA) is 78.6 Å². The van der Waals surface area contributed by atoms with E-state index in [4.69, 9.17) is 5.11 Å². The number of likely N-dealkylation sites (N-methyl/N-ethyl adjacent to an activating group) is 1. The van der Waals surface area contributed by atoms with Crippen molar-refractivity contribution < 1.29 is 10.0 Å². The Morgan fingerprint density at radius 3 is 2.69 bits per heavy atom. The average molecular weight is 225 g/mol. The molecule has 0 spiro atoms. The van der Waals surface area contributed by atoms with E-state index >= 15 is 0 Å². The molecule has 16 heavy (non-hydrogen) atoms. The van der Waals surface area contributed by atoms with Crippen molar-refractivity contribution in [3.8, 4) is 0 Å². The predicted octanol–water partition coefficient (Wildman–Crippen LogP) is 1.06. The van der Waals surface area contributed by atoms with Gasteiger partial charge >= 0.3 is 0 Å². The van der Waals surface area contributed by atoms with Gasteiger partial charge in [0, 0.05) is 44.1 Å². The van der Waals surface area contributed by atoms with Crippen molar-refractivity contribution in [1.82, 2.24) is 0 Å². The van der Waals surface area contributed by atoms with Crippen LogP contribution in [-0.2, 0) is 0 Å². The molecule has 0 fully saturated rings. The third kappa shape index (κ3) is 2.83. The number of non-ortho nitro benzene ring substituents is 1. The van der Waals surface area contributed by atoms with Crippen LogP contribution < -0.4 is 10.2 Å². The van der Waals surface area contributed by atoms with E-state index in [1.165, 1.54) is 12.1 Å². The molecule has 0 radical (unpaired) electrons. The Kier molecular flexibility index (Phi) is 4.07. The maximum absolute atomic E-state index is 10.7. The van der Waals surface area contributed by atoms with Crippen LogP contribution in [0.25, 0.3) is 0 Å². The van der Waals surface area contributed by atoms with Gasteiger partial charge in [-0.1, -0.05) is 0 Å². The number of aliphatic hydroxyl groups is 1. The number of rotatable bonds is 5. The van der Waals surface area contributed by atoms with Crippen LogP contribution in [0.2, 0.25) is 0 Å². The van der Waals surface area contributed by atoms with Crippen molar-refractivity contribution in [2.45, 2.75) is 0 Å². The molecule has 0 amide bonds. The third-order valence-corrected chi connectivity index (χ3v) is 2.28. The molecule has 0 saturated carbocycles. The zero-order valence-corrected chi connectivity index (χ0v) is 9.30. The van der Waals surface area contributed by atoms with Crippen molar-refractivity contribution in [2.75, 3.05) is 37.5 Å². The Morgan fingerprint density at radius 1 is 1.50 bits per heavy atom. The summed E-state index contributed by atoms with van der Waals surface area (Å²) in [6, 6.07) is 4.75. The molecule has 0 atom stereocenters. The van der Waals surface area contributed by atoms with Crippen LogP contribution in [0, 0.1) is 10.1 Å². The van der Waals surface area contributed by atoms with Crippen molar-refractivity contribution >= 4 is 17.1 Å². The normalized spacial score (nSPS) is 9.94. The molecule has 1 aromatic rings. The highest BCUT2D eigenvalue weighted by Gasteiger charge is 2.11. The minimum atomic E-state index is -0.433. The molecule has 0 aliphatic rings. The first-order chi connectivity index (χ1) is 7.58.